The van der Waals surface area contributed by atoms with Crippen LogP contribution in [0.5, 0.6) is 5.88 Å². The van der Waals surface area contributed by atoms with Crippen LogP contribution in [0, 0.1) is 0 Å². The quantitative estimate of drug-likeness (QED) is 0.662. The standard InChI is InChI=1S/C17H15N3O3S/c21-17(11-6-8-18-14(9-11)23-12-3-1-4-12)22-10-15-20-13-5-2-7-19-16(13)24-15/h2,5-9,12H,1,3-4,10H2. The van der Waals surface area contributed by atoms with Crippen LogP contribution in [0.4, 0.5) is 0 Å². The van der Waals surface area contributed by atoms with Crippen molar-refractivity contribution in [3.8, 4) is 5.88 Å². The molecule has 0 saturated heterocycles. The lowest BCUT2D eigenvalue weighted by Crippen LogP contribution is -2.25. The third-order valence-electron chi connectivity index (χ3n) is 3.85. The van der Waals surface area contributed by atoms with Gasteiger partial charge < -0.3 is 9.47 Å². The summed E-state index contributed by atoms with van der Waals surface area (Å²) in [5, 5.41) is 0.719. The molecule has 0 aromatic carbocycles. The van der Waals surface area contributed by atoms with E-state index in [4.69, 9.17) is 9.47 Å². The van der Waals surface area contributed by atoms with E-state index < -0.39 is 5.97 Å². The summed E-state index contributed by atoms with van der Waals surface area (Å²) in [6.07, 6.45) is 6.77. The Labute approximate surface area is 142 Å². The molecule has 1 fully saturated rings. The summed E-state index contributed by atoms with van der Waals surface area (Å²) in [4.78, 5) is 25.8. The van der Waals surface area contributed by atoms with Gasteiger partial charge in [-0.15, -0.1) is 0 Å². The summed E-state index contributed by atoms with van der Waals surface area (Å²) < 4.78 is 11.0. The van der Waals surface area contributed by atoms with Gasteiger partial charge in [-0.2, -0.15) is 0 Å². The van der Waals surface area contributed by atoms with Crippen LogP contribution in [0.2, 0.25) is 0 Å². The van der Waals surface area contributed by atoms with E-state index in [2.05, 4.69) is 15.0 Å². The van der Waals surface area contributed by atoms with Gasteiger partial charge in [0.15, 0.2) is 0 Å². The van der Waals surface area contributed by atoms with Crippen LogP contribution < -0.4 is 4.74 Å². The molecule has 0 atom stereocenters. The molecule has 3 heterocycles. The van der Waals surface area contributed by atoms with Gasteiger partial charge >= 0.3 is 5.97 Å². The maximum absolute atomic E-state index is 12.2. The molecule has 0 amide bonds. The van der Waals surface area contributed by atoms with E-state index in [9.17, 15) is 4.79 Å². The number of carbonyl (C=O) groups excluding carboxylic acids is 1. The summed E-state index contributed by atoms with van der Waals surface area (Å²) in [5.41, 5.74) is 1.24. The van der Waals surface area contributed by atoms with Crippen molar-refractivity contribution in [3.05, 3.63) is 47.2 Å². The highest BCUT2D eigenvalue weighted by Gasteiger charge is 2.20. The fourth-order valence-electron chi connectivity index (χ4n) is 2.35. The molecule has 6 nitrogen and oxygen atoms in total. The van der Waals surface area contributed by atoms with E-state index >= 15 is 0 Å². The number of thiazole rings is 1. The Hall–Kier alpha value is -2.54. The largest absolute Gasteiger partial charge is 0.474 e. The Kier molecular flexibility index (Phi) is 4.08. The first-order chi connectivity index (χ1) is 11.8. The van der Waals surface area contributed by atoms with Crippen molar-refractivity contribution < 1.29 is 14.3 Å². The van der Waals surface area contributed by atoms with E-state index in [-0.39, 0.29) is 12.7 Å². The molecule has 0 aliphatic heterocycles. The number of aromatic nitrogens is 3. The minimum Gasteiger partial charge on any atom is -0.474 e. The molecule has 24 heavy (non-hydrogen) atoms. The summed E-state index contributed by atoms with van der Waals surface area (Å²) in [7, 11) is 0. The topological polar surface area (TPSA) is 74.2 Å². The zero-order valence-corrected chi connectivity index (χ0v) is 13.7. The fraction of sp³-hybridized carbons (Fsp3) is 0.294. The first-order valence-electron chi connectivity index (χ1n) is 7.78. The minimum absolute atomic E-state index is 0.126. The first kappa shape index (κ1) is 15.0. The van der Waals surface area contributed by atoms with Gasteiger partial charge in [0.1, 0.15) is 28.1 Å². The molecule has 0 N–H and O–H groups in total. The molecule has 0 bridgehead atoms. The number of carbonyl (C=O) groups is 1. The average Bonchev–Trinajstić information content (AvgIpc) is 2.99. The van der Waals surface area contributed by atoms with Gasteiger partial charge in [0.2, 0.25) is 5.88 Å². The second-order valence-corrected chi connectivity index (χ2v) is 6.63. The summed E-state index contributed by atoms with van der Waals surface area (Å²) in [6.45, 7) is 0.126. The number of hydrogen-bond acceptors (Lipinski definition) is 7. The van der Waals surface area contributed by atoms with Crippen LogP contribution in [-0.4, -0.2) is 27.0 Å². The number of esters is 1. The predicted octanol–water partition coefficient (Wildman–Crippen LogP) is 3.37. The van der Waals surface area contributed by atoms with Crippen molar-refractivity contribution in [2.24, 2.45) is 0 Å². The Bertz CT molecular complexity index is 843. The first-order valence-corrected chi connectivity index (χ1v) is 8.60. The summed E-state index contributed by atoms with van der Waals surface area (Å²) >= 11 is 1.42. The molecule has 3 aromatic heterocycles. The van der Waals surface area contributed by atoms with Crippen LogP contribution in [-0.2, 0) is 11.3 Å². The molecule has 1 aliphatic rings. The number of rotatable bonds is 5. The van der Waals surface area contributed by atoms with Crippen molar-refractivity contribution in [3.63, 3.8) is 0 Å². The predicted molar refractivity (Wildman–Crippen MR) is 89.0 cm³/mol. The number of pyridine rings is 2. The highest BCUT2D eigenvalue weighted by molar-refractivity contribution is 7.18. The van der Waals surface area contributed by atoms with Gasteiger partial charge in [-0.3, -0.25) is 0 Å². The second-order valence-electron chi connectivity index (χ2n) is 5.56. The number of hydrogen-bond donors (Lipinski definition) is 0. The SMILES string of the molecule is O=C(OCc1nc2cccnc2s1)c1ccnc(OC2CCC2)c1. The normalized spacial score (nSPS) is 14.3. The maximum atomic E-state index is 12.2. The molecular weight excluding hydrogens is 326 g/mol. The molecular formula is C17H15N3O3S. The van der Waals surface area contributed by atoms with Gasteiger partial charge in [0.25, 0.3) is 0 Å². The average molecular weight is 341 g/mol. The van der Waals surface area contributed by atoms with Crippen molar-refractivity contribution >= 4 is 27.7 Å². The smallest absolute Gasteiger partial charge is 0.338 e. The van der Waals surface area contributed by atoms with Crippen molar-refractivity contribution in [1.29, 1.82) is 0 Å². The third kappa shape index (κ3) is 3.21. The van der Waals surface area contributed by atoms with E-state index in [1.54, 1.807) is 24.5 Å². The van der Waals surface area contributed by atoms with Gasteiger partial charge in [0, 0.05) is 18.5 Å². The second kappa shape index (κ2) is 6.52. The minimum atomic E-state index is -0.414. The van der Waals surface area contributed by atoms with Crippen molar-refractivity contribution in [2.45, 2.75) is 32.0 Å². The molecule has 0 radical (unpaired) electrons. The van der Waals surface area contributed by atoms with Crippen LogP contribution in [0.3, 0.4) is 0 Å². The Balaban J connectivity index is 1.41. The molecule has 1 saturated carbocycles. The van der Waals surface area contributed by atoms with Crippen LogP contribution in [0.1, 0.15) is 34.6 Å². The molecule has 122 valence electrons. The maximum Gasteiger partial charge on any atom is 0.338 e. The number of fused-ring (bicyclic) bond motifs is 1. The van der Waals surface area contributed by atoms with Crippen LogP contribution in [0.25, 0.3) is 10.3 Å². The van der Waals surface area contributed by atoms with E-state index in [1.807, 2.05) is 12.1 Å². The van der Waals surface area contributed by atoms with Gasteiger partial charge in [-0.05, 0) is 37.5 Å². The summed E-state index contributed by atoms with van der Waals surface area (Å²) in [5.74, 6) is 0.0569. The lowest BCUT2D eigenvalue weighted by molar-refractivity contribution is 0.0470. The zero-order chi connectivity index (χ0) is 16.4. The lowest BCUT2D eigenvalue weighted by atomic mass is 9.96. The van der Waals surface area contributed by atoms with Gasteiger partial charge in [-0.1, -0.05) is 11.3 Å². The highest BCUT2D eigenvalue weighted by atomic mass is 32.1. The van der Waals surface area contributed by atoms with Crippen molar-refractivity contribution in [2.75, 3.05) is 0 Å². The lowest BCUT2D eigenvalue weighted by Gasteiger charge is -2.25. The van der Waals surface area contributed by atoms with E-state index in [0.717, 1.165) is 28.2 Å². The monoisotopic (exact) mass is 341 g/mol. The van der Waals surface area contributed by atoms with Gasteiger partial charge in [0.05, 0.1) is 5.56 Å². The van der Waals surface area contributed by atoms with Crippen LogP contribution >= 0.6 is 11.3 Å². The molecule has 1 aliphatic carbocycles. The van der Waals surface area contributed by atoms with Crippen molar-refractivity contribution in [1.82, 2.24) is 15.0 Å². The molecule has 3 aromatic rings. The summed E-state index contributed by atoms with van der Waals surface area (Å²) in [6, 6.07) is 6.96. The third-order valence-corrected chi connectivity index (χ3v) is 4.80. The molecule has 7 heteroatoms. The fourth-order valence-corrected chi connectivity index (χ4v) is 3.16. The zero-order valence-electron chi connectivity index (χ0n) is 12.8. The Morgan fingerprint density at radius 3 is 2.96 bits per heavy atom. The van der Waals surface area contributed by atoms with Crippen LogP contribution in [0.15, 0.2) is 36.7 Å². The van der Waals surface area contributed by atoms with E-state index in [0.29, 0.717) is 11.4 Å². The number of ether oxygens (including phenoxy) is 2. The Morgan fingerprint density at radius 1 is 1.25 bits per heavy atom. The molecule has 0 unspecified atom stereocenters. The molecule has 0 spiro atoms. The molecule has 4 rings (SSSR count). The highest BCUT2D eigenvalue weighted by Crippen LogP contribution is 2.24. The van der Waals surface area contributed by atoms with E-state index in [1.165, 1.54) is 17.8 Å². The number of nitrogens with zero attached hydrogens (tertiary/aromatic N) is 3. The Morgan fingerprint density at radius 2 is 2.17 bits per heavy atom. The van der Waals surface area contributed by atoms with Gasteiger partial charge in [-0.25, -0.2) is 19.7 Å².